The van der Waals surface area contributed by atoms with Gasteiger partial charge >= 0.3 is 5.97 Å². The molecule has 1 atom stereocenters. The lowest BCUT2D eigenvalue weighted by atomic mass is 10.0. The summed E-state index contributed by atoms with van der Waals surface area (Å²) in [5, 5.41) is 9.27. The Bertz CT molecular complexity index is 787. The van der Waals surface area contributed by atoms with Crippen LogP contribution in [0, 0.1) is 0 Å². The summed E-state index contributed by atoms with van der Waals surface area (Å²) in [6.45, 7) is 0.470. The Labute approximate surface area is 146 Å². The van der Waals surface area contributed by atoms with E-state index < -0.39 is 12.0 Å². The standard InChI is InChI=1S/C19H21N3O3/c1-21(2)16-7-5-13(6-8-16)14-10-15(12-20-11-14)18(23)22-9-3-4-17(22)19(24)25/h5-8,10-12,17H,3-4,9H2,1-2H3,(H,24,25)/t17-/m1/s1. The van der Waals surface area contributed by atoms with Crippen molar-refractivity contribution in [2.24, 2.45) is 0 Å². The average Bonchev–Trinajstić information content (AvgIpc) is 3.11. The quantitative estimate of drug-likeness (QED) is 0.926. The summed E-state index contributed by atoms with van der Waals surface area (Å²) in [5.41, 5.74) is 3.30. The summed E-state index contributed by atoms with van der Waals surface area (Å²) in [5.74, 6) is -1.22. The van der Waals surface area contributed by atoms with Crippen LogP contribution in [-0.4, -0.2) is 53.5 Å². The number of amides is 1. The Hall–Kier alpha value is -2.89. The molecule has 6 nitrogen and oxygen atoms in total. The third-order valence-corrected chi connectivity index (χ3v) is 4.50. The van der Waals surface area contributed by atoms with Crippen molar-refractivity contribution in [1.29, 1.82) is 0 Å². The Balaban J connectivity index is 1.86. The predicted octanol–water partition coefficient (Wildman–Crippen LogP) is 2.50. The lowest BCUT2D eigenvalue weighted by Gasteiger charge is -2.21. The molecule has 0 aliphatic carbocycles. The molecule has 1 amide bonds. The molecule has 0 radical (unpaired) electrons. The summed E-state index contributed by atoms with van der Waals surface area (Å²) < 4.78 is 0. The smallest absolute Gasteiger partial charge is 0.326 e. The molecule has 1 aliphatic heterocycles. The number of aromatic nitrogens is 1. The van der Waals surface area contributed by atoms with E-state index in [2.05, 4.69) is 4.98 Å². The van der Waals surface area contributed by atoms with E-state index in [1.165, 1.54) is 11.1 Å². The van der Waals surface area contributed by atoms with Crippen LogP contribution in [0.4, 0.5) is 5.69 Å². The molecule has 130 valence electrons. The van der Waals surface area contributed by atoms with Gasteiger partial charge in [0, 0.05) is 44.3 Å². The number of pyridine rings is 1. The number of carboxylic acids is 1. The number of hydrogen-bond donors (Lipinski definition) is 1. The molecule has 1 fully saturated rings. The lowest BCUT2D eigenvalue weighted by Crippen LogP contribution is -2.40. The maximum atomic E-state index is 12.7. The van der Waals surface area contributed by atoms with Crippen LogP contribution in [0.2, 0.25) is 0 Å². The Morgan fingerprint density at radius 3 is 2.52 bits per heavy atom. The Morgan fingerprint density at radius 1 is 1.16 bits per heavy atom. The van der Waals surface area contributed by atoms with E-state index >= 15 is 0 Å². The first-order valence-electron chi connectivity index (χ1n) is 8.24. The highest BCUT2D eigenvalue weighted by atomic mass is 16.4. The van der Waals surface area contributed by atoms with Crippen molar-refractivity contribution < 1.29 is 14.7 Å². The van der Waals surface area contributed by atoms with Gasteiger partial charge < -0.3 is 14.9 Å². The van der Waals surface area contributed by atoms with E-state index in [-0.39, 0.29) is 5.91 Å². The number of aliphatic carboxylic acids is 1. The zero-order valence-corrected chi connectivity index (χ0v) is 14.3. The first kappa shape index (κ1) is 17.0. The molecule has 1 aromatic carbocycles. The Morgan fingerprint density at radius 2 is 1.88 bits per heavy atom. The molecule has 1 aliphatic rings. The van der Waals surface area contributed by atoms with Gasteiger partial charge in [-0.25, -0.2) is 4.79 Å². The monoisotopic (exact) mass is 339 g/mol. The molecule has 2 aromatic rings. The molecule has 0 unspecified atom stereocenters. The lowest BCUT2D eigenvalue weighted by molar-refractivity contribution is -0.141. The highest BCUT2D eigenvalue weighted by molar-refractivity contribution is 5.97. The molecule has 2 heterocycles. The zero-order valence-electron chi connectivity index (χ0n) is 14.3. The molecule has 1 saturated heterocycles. The van der Waals surface area contributed by atoms with Crippen molar-refractivity contribution in [2.45, 2.75) is 18.9 Å². The van der Waals surface area contributed by atoms with E-state index in [4.69, 9.17) is 0 Å². The fourth-order valence-corrected chi connectivity index (χ4v) is 3.10. The number of nitrogens with zero attached hydrogens (tertiary/aromatic N) is 3. The number of hydrogen-bond acceptors (Lipinski definition) is 4. The van der Waals surface area contributed by atoms with E-state index in [0.29, 0.717) is 24.9 Å². The molecule has 3 rings (SSSR count). The van der Waals surface area contributed by atoms with Gasteiger partial charge in [-0.3, -0.25) is 9.78 Å². The van der Waals surface area contributed by atoms with Gasteiger partial charge in [-0.05, 0) is 36.6 Å². The number of anilines is 1. The van der Waals surface area contributed by atoms with Crippen LogP contribution in [0.1, 0.15) is 23.2 Å². The number of rotatable bonds is 4. The molecule has 25 heavy (non-hydrogen) atoms. The fraction of sp³-hybridized carbons (Fsp3) is 0.316. The number of benzene rings is 1. The number of likely N-dealkylation sites (tertiary alicyclic amines) is 1. The summed E-state index contributed by atoms with van der Waals surface area (Å²) in [7, 11) is 3.95. The highest BCUT2D eigenvalue weighted by Gasteiger charge is 2.34. The molecule has 1 aromatic heterocycles. The maximum absolute atomic E-state index is 12.7. The van der Waals surface area contributed by atoms with Crippen LogP contribution in [0.3, 0.4) is 0 Å². The van der Waals surface area contributed by atoms with Crippen LogP contribution < -0.4 is 4.90 Å². The molecular weight excluding hydrogens is 318 g/mol. The number of carbonyl (C=O) groups excluding carboxylic acids is 1. The largest absolute Gasteiger partial charge is 0.480 e. The third kappa shape index (κ3) is 3.47. The van der Waals surface area contributed by atoms with Crippen molar-refractivity contribution in [3.05, 3.63) is 48.3 Å². The van der Waals surface area contributed by atoms with E-state index in [0.717, 1.165) is 16.8 Å². The molecule has 0 bridgehead atoms. The summed E-state index contributed by atoms with van der Waals surface area (Å²) in [4.78, 5) is 31.6. The predicted molar refractivity (Wildman–Crippen MR) is 95.7 cm³/mol. The van der Waals surface area contributed by atoms with Gasteiger partial charge in [0.25, 0.3) is 5.91 Å². The number of carbonyl (C=O) groups is 2. The van der Waals surface area contributed by atoms with Crippen molar-refractivity contribution in [2.75, 3.05) is 25.5 Å². The van der Waals surface area contributed by atoms with Crippen molar-refractivity contribution in [3.63, 3.8) is 0 Å². The van der Waals surface area contributed by atoms with Gasteiger partial charge in [-0.15, -0.1) is 0 Å². The van der Waals surface area contributed by atoms with Crippen molar-refractivity contribution in [3.8, 4) is 11.1 Å². The molecule has 0 spiro atoms. The van der Waals surface area contributed by atoms with Crippen molar-refractivity contribution >= 4 is 17.6 Å². The first-order valence-corrected chi connectivity index (χ1v) is 8.24. The second kappa shape index (κ2) is 6.93. The van der Waals surface area contributed by atoms with E-state index in [9.17, 15) is 14.7 Å². The van der Waals surface area contributed by atoms with Gasteiger partial charge in [0.05, 0.1) is 5.56 Å². The normalized spacial score (nSPS) is 16.7. The van der Waals surface area contributed by atoms with Gasteiger partial charge in [0.1, 0.15) is 6.04 Å². The topological polar surface area (TPSA) is 73.7 Å². The van der Waals surface area contributed by atoms with E-state index in [1.807, 2.05) is 43.3 Å². The fourth-order valence-electron chi connectivity index (χ4n) is 3.10. The van der Waals surface area contributed by atoms with Crippen LogP contribution in [0.5, 0.6) is 0 Å². The minimum absolute atomic E-state index is 0.274. The molecule has 1 N–H and O–H groups in total. The van der Waals surface area contributed by atoms with Gasteiger partial charge in [0.15, 0.2) is 0 Å². The second-order valence-corrected chi connectivity index (χ2v) is 6.40. The molecule has 0 saturated carbocycles. The highest BCUT2D eigenvalue weighted by Crippen LogP contribution is 2.25. The van der Waals surface area contributed by atoms with Crippen LogP contribution in [0.25, 0.3) is 11.1 Å². The third-order valence-electron chi connectivity index (χ3n) is 4.50. The van der Waals surface area contributed by atoms with Crippen LogP contribution >= 0.6 is 0 Å². The van der Waals surface area contributed by atoms with Gasteiger partial charge in [-0.2, -0.15) is 0 Å². The Kier molecular flexibility index (Phi) is 4.70. The van der Waals surface area contributed by atoms with Gasteiger partial charge in [-0.1, -0.05) is 12.1 Å². The minimum atomic E-state index is -0.950. The molecule has 6 heteroatoms. The average molecular weight is 339 g/mol. The molecular formula is C19H21N3O3. The SMILES string of the molecule is CN(C)c1ccc(-c2cncc(C(=O)N3CCC[C@@H]3C(=O)O)c2)cc1. The summed E-state index contributed by atoms with van der Waals surface area (Å²) in [6, 6.07) is 9.01. The van der Waals surface area contributed by atoms with Gasteiger partial charge in [0.2, 0.25) is 0 Å². The minimum Gasteiger partial charge on any atom is -0.480 e. The second-order valence-electron chi connectivity index (χ2n) is 6.40. The van der Waals surface area contributed by atoms with Crippen molar-refractivity contribution in [1.82, 2.24) is 9.88 Å². The zero-order chi connectivity index (χ0) is 18.0. The van der Waals surface area contributed by atoms with E-state index in [1.54, 1.807) is 12.3 Å². The van der Waals surface area contributed by atoms with Crippen LogP contribution in [0.15, 0.2) is 42.7 Å². The number of carboxylic acid groups (broad SMARTS) is 1. The first-order chi connectivity index (χ1) is 12.0. The summed E-state index contributed by atoms with van der Waals surface area (Å²) in [6.07, 6.45) is 4.42. The summed E-state index contributed by atoms with van der Waals surface area (Å²) >= 11 is 0. The van der Waals surface area contributed by atoms with Crippen LogP contribution in [-0.2, 0) is 4.79 Å². The maximum Gasteiger partial charge on any atom is 0.326 e.